The number of nitrogens with two attached hydrogens (primary N) is 1. The van der Waals surface area contributed by atoms with Crippen LogP contribution in [0.4, 0.5) is 0 Å². The van der Waals surface area contributed by atoms with Gasteiger partial charge in [0.15, 0.2) is 0 Å². The van der Waals surface area contributed by atoms with E-state index in [1.54, 1.807) is 6.92 Å². The Bertz CT molecular complexity index is 491. The second-order valence-electron chi connectivity index (χ2n) is 4.30. The van der Waals surface area contributed by atoms with Gasteiger partial charge >= 0.3 is 0 Å². The molecule has 1 aromatic heterocycles. The van der Waals surface area contributed by atoms with Gasteiger partial charge in [-0.15, -0.1) is 0 Å². The number of aryl methyl sites for hydroxylation is 1. The van der Waals surface area contributed by atoms with E-state index in [2.05, 4.69) is 10.1 Å². The zero-order chi connectivity index (χ0) is 13.0. The molecule has 0 amide bonds. The van der Waals surface area contributed by atoms with E-state index in [9.17, 15) is 5.11 Å². The Labute approximate surface area is 106 Å². The van der Waals surface area contributed by atoms with Crippen molar-refractivity contribution in [1.82, 2.24) is 10.1 Å². The number of aromatic nitrogens is 2. The summed E-state index contributed by atoms with van der Waals surface area (Å²) in [6.07, 6.45) is 1.35. The monoisotopic (exact) mass is 247 g/mol. The van der Waals surface area contributed by atoms with Gasteiger partial charge in [-0.2, -0.15) is 4.98 Å². The summed E-state index contributed by atoms with van der Waals surface area (Å²) in [5.74, 6) is 0.987. The molecule has 0 aliphatic rings. The van der Waals surface area contributed by atoms with E-state index >= 15 is 0 Å². The number of aliphatic hydroxyl groups is 1. The second kappa shape index (κ2) is 5.75. The summed E-state index contributed by atoms with van der Waals surface area (Å²) in [6.45, 7) is 2.04. The maximum absolute atomic E-state index is 9.23. The van der Waals surface area contributed by atoms with Crippen molar-refractivity contribution in [2.24, 2.45) is 5.73 Å². The molecule has 0 fully saturated rings. The van der Waals surface area contributed by atoms with Crippen LogP contribution in [0, 0.1) is 0 Å². The molecule has 5 nitrogen and oxygen atoms in total. The van der Waals surface area contributed by atoms with E-state index < -0.39 is 0 Å². The predicted octanol–water partition coefficient (Wildman–Crippen LogP) is 1.51. The van der Waals surface area contributed by atoms with E-state index in [1.807, 2.05) is 24.3 Å². The number of hydrogen-bond donors (Lipinski definition) is 2. The number of nitrogens with zero attached hydrogens (tertiary/aromatic N) is 2. The van der Waals surface area contributed by atoms with E-state index in [0.29, 0.717) is 11.7 Å². The van der Waals surface area contributed by atoms with Crippen molar-refractivity contribution in [2.45, 2.75) is 32.4 Å². The minimum atomic E-state index is -0.269. The Morgan fingerprint density at radius 2 is 2.06 bits per heavy atom. The molecule has 0 saturated heterocycles. The Balaban J connectivity index is 2.07. The first-order valence-corrected chi connectivity index (χ1v) is 5.99. The fraction of sp³-hybridized carbons (Fsp3) is 0.385. The lowest BCUT2D eigenvalue weighted by molar-refractivity contribution is 0.185. The van der Waals surface area contributed by atoms with E-state index in [-0.39, 0.29) is 12.6 Å². The summed E-state index contributed by atoms with van der Waals surface area (Å²) in [5, 5.41) is 13.1. The average Bonchev–Trinajstić information content (AvgIpc) is 2.85. The predicted molar refractivity (Wildman–Crippen MR) is 67.6 cm³/mol. The van der Waals surface area contributed by atoms with Crippen LogP contribution in [-0.2, 0) is 13.0 Å². The van der Waals surface area contributed by atoms with Crippen molar-refractivity contribution < 1.29 is 9.63 Å². The van der Waals surface area contributed by atoms with Crippen molar-refractivity contribution in [3.8, 4) is 11.4 Å². The van der Waals surface area contributed by atoms with Crippen LogP contribution in [0.5, 0.6) is 0 Å². The zero-order valence-electron chi connectivity index (χ0n) is 10.3. The largest absolute Gasteiger partial charge is 0.393 e. The van der Waals surface area contributed by atoms with Gasteiger partial charge in [-0.05, 0) is 25.3 Å². The van der Waals surface area contributed by atoms with Crippen LogP contribution < -0.4 is 5.73 Å². The smallest absolute Gasteiger partial charge is 0.240 e. The van der Waals surface area contributed by atoms with Crippen LogP contribution in [0.2, 0.25) is 0 Å². The molecule has 96 valence electrons. The zero-order valence-corrected chi connectivity index (χ0v) is 10.3. The van der Waals surface area contributed by atoms with Crippen molar-refractivity contribution in [1.29, 1.82) is 0 Å². The van der Waals surface area contributed by atoms with Crippen molar-refractivity contribution in [2.75, 3.05) is 0 Å². The molecular formula is C13H17N3O2. The number of hydrogen-bond acceptors (Lipinski definition) is 5. The lowest BCUT2D eigenvalue weighted by atomic mass is 10.1. The first-order chi connectivity index (χ1) is 8.69. The molecule has 1 aromatic carbocycles. The van der Waals surface area contributed by atoms with Crippen LogP contribution in [0.25, 0.3) is 11.4 Å². The third kappa shape index (κ3) is 3.15. The first kappa shape index (κ1) is 12.7. The molecule has 1 unspecified atom stereocenters. The molecule has 0 radical (unpaired) electrons. The number of aliphatic hydroxyl groups excluding tert-OH is 1. The maximum atomic E-state index is 9.23. The summed E-state index contributed by atoms with van der Waals surface area (Å²) in [6, 6.07) is 7.91. The lowest BCUT2D eigenvalue weighted by Crippen LogP contribution is -2.01. The standard InChI is InChI=1S/C13H17N3O2/c1-9(17)2-3-10-4-6-11(7-5-10)13-15-12(8-14)18-16-13/h4-7,9,17H,2-3,8,14H2,1H3. The van der Waals surface area contributed by atoms with E-state index in [0.717, 1.165) is 18.4 Å². The van der Waals surface area contributed by atoms with Gasteiger partial charge in [-0.1, -0.05) is 29.4 Å². The molecule has 0 aliphatic heterocycles. The summed E-state index contributed by atoms with van der Waals surface area (Å²) in [5.41, 5.74) is 7.50. The van der Waals surface area contributed by atoms with Crippen molar-refractivity contribution in [3.63, 3.8) is 0 Å². The summed E-state index contributed by atoms with van der Waals surface area (Å²) in [7, 11) is 0. The second-order valence-corrected chi connectivity index (χ2v) is 4.30. The molecule has 0 saturated carbocycles. The fourth-order valence-electron chi connectivity index (χ4n) is 1.65. The van der Waals surface area contributed by atoms with Gasteiger partial charge < -0.3 is 15.4 Å². The van der Waals surface area contributed by atoms with Gasteiger partial charge in [0.1, 0.15) is 0 Å². The number of rotatable bonds is 5. The van der Waals surface area contributed by atoms with Gasteiger partial charge in [0.05, 0.1) is 12.6 Å². The van der Waals surface area contributed by atoms with Gasteiger partial charge in [-0.25, -0.2) is 0 Å². The van der Waals surface area contributed by atoms with Crippen LogP contribution in [0.1, 0.15) is 24.8 Å². The first-order valence-electron chi connectivity index (χ1n) is 5.99. The topological polar surface area (TPSA) is 85.2 Å². The molecule has 0 spiro atoms. The molecule has 0 bridgehead atoms. The molecule has 3 N–H and O–H groups in total. The van der Waals surface area contributed by atoms with Crippen LogP contribution >= 0.6 is 0 Å². The quantitative estimate of drug-likeness (QED) is 0.836. The normalized spacial score (nSPS) is 12.6. The molecular weight excluding hydrogens is 230 g/mol. The lowest BCUT2D eigenvalue weighted by Gasteiger charge is -2.04. The van der Waals surface area contributed by atoms with Gasteiger partial charge in [-0.3, -0.25) is 0 Å². The van der Waals surface area contributed by atoms with Crippen LogP contribution in [-0.4, -0.2) is 21.4 Å². The highest BCUT2D eigenvalue weighted by Gasteiger charge is 2.07. The molecule has 18 heavy (non-hydrogen) atoms. The molecule has 2 aromatic rings. The Morgan fingerprint density at radius 1 is 1.33 bits per heavy atom. The Hall–Kier alpha value is -1.72. The van der Waals surface area contributed by atoms with Crippen LogP contribution in [0.15, 0.2) is 28.8 Å². The number of benzene rings is 1. The van der Waals surface area contributed by atoms with Crippen LogP contribution in [0.3, 0.4) is 0 Å². The third-order valence-electron chi connectivity index (χ3n) is 2.71. The molecule has 5 heteroatoms. The highest BCUT2D eigenvalue weighted by molar-refractivity contribution is 5.54. The highest BCUT2D eigenvalue weighted by atomic mass is 16.5. The molecule has 2 rings (SSSR count). The third-order valence-corrected chi connectivity index (χ3v) is 2.71. The minimum Gasteiger partial charge on any atom is -0.393 e. The Kier molecular flexibility index (Phi) is 4.07. The van der Waals surface area contributed by atoms with Gasteiger partial charge in [0.2, 0.25) is 11.7 Å². The van der Waals surface area contributed by atoms with Gasteiger partial charge in [0, 0.05) is 5.56 Å². The van der Waals surface area contributed by atoms with Gasteiger partial charge in [0.25, 0.3) is 0 Å². The summed E-state index contributed by atoms with van der Waals surface area (Å²) >= 11 is 0. The fourth-order valence-corrected chi connectivity index (χ4v) is 1.65. The molecule has 0 aliphatic carbocycles. The SMILES string of the molecule is CC(O)CCc1ccc(-c2noc(CN)n2)cc1. The maximum Gasteiger partial charge on any atom is 0.240 e. The summed E-state index contributed by atoms with van der Waals surface area (Å²) in [4.78, 5) is 4.16. The van der Waals surface area contributed by atoms with Crippen molar-refractivity contribution in [3.05, 3.63) is 35.7 Å². The molecule has 1 atom stereocenters. The summed E-state index contributed by atoms with van der Waals surface area (Å²) < 4.78 is 4.96. The van der Waals surface area contributed by atoms with Crippen molar-refractivity contribution >= 4 is 0 Å². The highest BCUT2D eigenvalue weighted by Crippen LogP contribution is 2.17. The van der Waals surface area contributed by atoms with E-state index in [1.165, 1.54) is 5.56 Å². The average molecular weight is 247 g/mol. The minimum absolute atomic E-state index is 0.249. The molecule has 1 heterocycles. The van der Waals surface area contributed by atoms with E-state index in [4.69, 9.17) is 10.3 Å². The Morgan fingerprint density at radius 3 is 2.61 bits per heavy atom.